The van der Waals surface area contributed by atoms with Gasteiger partial charge in [-0.1, -0.05) is 19.8 Å². The first-order chi connectivity index (χ1) is 8.20. The number of Topliss-reactive ketones (excluding diaryl/α,β-unsaturated/α-hetero) is 1. The van der Waals surface area contributed by atoms with Crippen molar-refractivity contribution in [3.8, 4) is 0 Å². The van der Waals surface area contributed by atoms with E-state index in [4.69, 9.17) is 5.73 Å². The summed E-state index contributed by atoms with van der Waals surface area (Å²) in [5, 5.41) is 4.49. The normalized spacial score (nSPS) is 18.5. The van der Waals surface area contributed by atoms with E-state index in [-0.39, 0.29) is 11.8 Å². The average Bonchev–Trinajstić information content (AvgIpc) is 2.97. The van der Waals surface area contributed by atoms with Gasteiger partial charge in [0.2, 0.25) is 0 Å². The molecule has 2 rings (SSSR count). The summed E-state index contributed by atoms with van der Waals surface area (Å²) in [6.45, 7) is 1.93. The molecule has 1 aliphatic rings. The molecule has 4 nitrogen and oxygen atoms in total. The molecule has 1 unspecified atom stereocenters. The van der Waals surface area contributed by atoms with Crippen LogP contribution in [0.25, 0.3) is 0 Å². The number of hydrogen-bond acceptors (Lipinski definition) is 3. The van der Waals surface area contributed by atoms with Crippen molar-refractivity contribution in [2.75, 3.05) is 0 Å². The van der Waals surface area contributed by atoms with Gasteiger partial charge in [0.15, 0.2) is 5.78 Å². The molecule has 94 valence electrons. The van der Waals surface area contributed by atoms with E-state index in [1.807, 2.05) is 23.9 Å². The Hall–Kier alpha value is -1.16. The lowest BCUT2D eigenvalue weighted by Crippen LogP contribution is -2.31. The summed E-state index contributed by atoms with van der Waals surface area (Å²) in [6, 6.07) is 2.14. The number of ketones is 1. The molecule has 0 bridgehead atoms. The minimum atomic E-state index is -0.341. The van der Waals surface area contributed by atoms with Crippen molar-refractivity contribution in [1.82, 2.24) is 9.78 Å². The quantitative estimate of drug-likeness (QED) is 0.847. The first-order valence-electron chi connectivity index (χ1n) is 6.53. The Kier molecular flexibility index (Phi) is 3.94. The molecule has 0 saturated heterocycles. The second-order valence-corrected chi connectivity index (χ2v) is 4.88. The smallest absolute Gasteiger partial charge is 0.155 e. The number of hydrogen-bond donors (Lipinski definition) is 1. The fraction of sp³-hybridized carbons (Fsp3) is 0.692. The van der Waals surface area contributed by atoms with Crippen LogP contribution in [0.2, 0.25) is 0 Å². The van der Waals surface area contributed by atoms with E-state index in [2.05, 4.69) is 5.10 Å². The molecule has 1 fully saturated rings. The number of rotatable bonds is 5. The molecular weight excluding hydrogens is 214 g/mol. The first-order valence-corrected chi connectivity index (χ1v) is 6.53. The van der Waals surface area contributed by atoms with E-state index < -0.39 is 0 Å². The van der Waals surface area contributed by atoms with Crippen LogP contribution in [0.3, 0.4) is 0 Å². The minimum absolute atomic E-state index is 0.0872. The lowest BCUT2D eigenvalue weighted by atomic mass is 10.1. The van der Waals surface area contributed by atoms with Gasteiger partial charge in [-0.05, 0) is 25.3 Å². The van der Waals surface area contributed by atoms with E-state index in [9.17, 15) is 4.79 Å². The van der Waals surface area contributed by atoms with Crippen molar-refractivity contribution in [2.24, 2.45) is 5.73 Å². The van der Waals surface area contributed by atoms with Gasteiger partial charge in [-0.3, -0.25) is 9.48 Å². The molecule has 1 aromatic rings. The van der Waals surface area contributed by atoms with Crippen LogP contribution < -0.4 is 5.73 Å². The summed E-state index contributed by atoms with van der Waals surface area (Å²) in [7, 11) is 0. The van der Waals surface area contributed by atoms with Crippen LogP contribution in [0, 0.1) is 0 Å². The van der Waals surface area contributed by atoms with Crippen molar-refractivity contribution in [2.45, 2.75) is 57.5 Å². The number of carbonyl (C=O) groups is 1. The molecular formula is C13H21N3O. The van der Waals surface area contributed by atoms with Crippen molar-refractivity contribution >= 4 is 5.78 Å². The monoisotopic (exact) mass is 235 g/mol. The first kappa shape index (κ1) is 12.3. The molecule has 17 heavy (non-hydrogen) atoms. The molecule has 0 aliphatic heterocycles. The van der Waals surface area contributed by atoms with Gasteiger partial charge in [0.05, 0.1) is 24.2 Å². The molecule has 4 heteroatoms. The lowest BCUT2D eigenvalue weighted by Gasteiger charge is -2.09. The molecule has 1 heterocycles. The van der Waals surface area contributed by atoms with Crippen LogP contribution in [0.15, 0.2) is 12.3 Å². The zero-order chi connectivity index (χ0) is 12.3. The largest absolute Gasteiger partial charge is 0.322 e. The van der Waals surface area contributed by atoms with Gasteiger partial charge in [0, 0.05) is 6.20 Å². The molecule has 2 N–H and O–H groups in total. The van der Waals surface area contributed by atoms with Crippen molar-refractivity contribution < 1.29 is 4.79 Å². The van der Waals surface area contributed by atoms with Gasteiger partial charge >= 0.3 is 0 Å². The Labute approximate surface area is 102 Å². The summed E-state index contributed by atoms with van der Waals surface area (Å²) < 4.78 is 2.02. The number of carbonyl (C=O) groups excluding carboxylic acids is 1. The van der Waals surface area contributed by atoms with Crippen LogP contribution >= 0.6 is 0 Å². The van der Waals surface area contributed by atoms with E-state index >= 15 is 0 Å². The molecule has 1 aromatic heterocycles. The fourth-order valence-electron chi connectivity index (χ4n) is 2.38. The van der Waals surface area contributed by atoms with E-state index in [0.29, 0.717) is 18.9 Å². The topological polar surface area (TPSA) is 60.9 Å². The van der Waals surface area contributed by atoms with Crippen LogP contribution in [0.1, 0.15) is 50.8 Å². The molecule has 1 saturated carbocycles. The standard InChI is InChI=1S/C13H21N3O/c1-2-12(14)13(17)9-10-7-8-16(15-10)11-5-3-4-6-11/h7-8,11-12H,2-6,9,14H2,1H3. The van der Waals surface area contributed by atoms with Gasteiger partial charge in [0.25, 0.3) is 0 Å². The van der Waals surface area contributed by atoms with Gasteiger partial charge in [-0.15, -0.1) is 0 Å². The Morgan fingerprint density at radius 1 is 1.59 bits per heavy atom. The lowest BCUT2D eigenvalue weighted by molar-refractivity contribution is -0.119. The van der Waals surface area contributed by atoms with Crippen LogP contribution in [0.5, 0.6) is 0 Å². The highest BCUT2D eigenvalue weighted by Crippen LogP contribution is 2.28. The average molecular weight is 235 g/mol. The number of aromatic nitrogens is 2. The molecule has 0 spiro atoms. The van der Waals surface area contributed by atoms with E-state index in [1.165, 1.54) is 25.7 Å². The van der Waals surface area contributed by atoms with Gasteiger partial charge in [-0.25, -0.2) is 0 Å². The number of nitrogens with zero attached hydrogens (tertiary/aromatic N) is 2. The zero-order valence-corrected chi connectivity index (χ0v) is 10.4. The highest BCUT2D eigenvalue weighted by atomic mass is 16.1. The molecule has 0 radical (unpaired) electrons. The maximum atomic E-state index is 11.7. The van der Waals surface area contributed by atoms with Crippen molar-refractivity contribution in [3.05, 3.63) is 18.0 Å². The predicted molar refractivity (Wildman–Crippen MR) is 66.7 cm³/mol. The van der Waals surface area contributed by atoms with Crippen molar-refractivity contribution in [3.63, 3.8) is 0 Å². The number of nitrogens with two attached hydrogens (primary N) is 1. The second kappa shape index (κ2) is 5.45. The van der Waals surface area contributed by atoms with E-state index in [0.717, 1.165) is 5.69 Å². The van der Waals surface area contributed by atoms with E-state index in [1.54, 1.807) is 0 Å². The third-order valence-corrected chi connectivity index (χ3v) is 3.57. The Morgan fingerprint density at radius 3 is 2.94 bits per heavy atom. The third kappa shape index (κ3) is 2.94. The van der Waals surface area contributed by atoms with Crippen LogP contribution in [0.4, 0.5) is 0 Å². The fourth-order valence-corrected chi connectivity index (χ4v) is 2.38. The van der Waals surface area contributed by atoms with Gasteiger partial charge in [-0.2, -0.15) is 5.10 Å². The Morgan fingerprint density at radius 2 is 2.29 bits per heavy atom. The van der Waals surface area contributed by atoms with Crippen molar-refractivity contribution in [1.29, 1.82) is 0 Å². The van der Waals surface area contributed by atoms with Gasteiger partial charge < -0.3 is 5.73 Å². The van der Waals surface area contributed by atoms with Gasteiger partial charge in [0.1, 0.15) is 0 Å². The zero-order valence-electron chi connectivity index (χ0n) is 10.4. The third-order valence-electron chi connectivity index (χ3n) is 3.57. The highest BCUT2D eigenvalue weighted by molar-refractivity contribution is 5.85. The summed E-state index contributed by atoms with van der Waals surface area (Å²) in [5.74, 6) is 0.0872. The summed E-state index contributed by atoms with van der Waals surface area (Å²) in [4.78, 5) is 11.7. The Balaban J connectivity index is 1.96. The summed E-state index contributed by atoms with van der Waals surface area (Å²) >= 11 is 0. The molecule has 0 amide bonds. The maximum Gasteiger partial charge on any atom is 0.155 e. The van der Waals surface area contributed by atoms with Crippen LogP contribution in [-0.4, -0.2) is 21.6 Å². The molecule has 1 atom stereocenters. The minimum Gasteiger partial charge on any atom is -0.322 e. The maximum absolute atomic E-state index is 11.7. The summed E-state index contributed by atoms with van der Waals surface area (Å²) in [6.07, 6.45) is 8.07. The second-order valence-electron chi connectivity index (χ2n) is 4.88. The molecule has 0 aromatic carbocycles. The summed E-state index contributed by atoms with van der Waals surface area (Å²) in [5.41, 5.74) is 6.56. The predicted octanol–water partition coefficient (Wildman–Crippen LogP) is 1.85. The highest BCUT2D eigenvalue weighted by Gasteiger charge is 2.19. The van der Waals surface area contributed by atoms with Crippen LogP contribution in [-0.2, 0) is 11.2 Å². The molecule has 1 aliphatic carbocycles. The Bertz CT molecular complexity index is 380. The SMILES string of the molecule is CCC(N)C(=O)Cc1ccn(C2CCCC2)n1.